The fourth-order valence-corrected chi connectivity index (χ4v) is 5.17. The molecule has 0 aliphatic carbocycles. The molecule has 0 aliphatic heterocycles. The van der Waals surface area contributed by atoms with E-state index in [-0.39, 0.29) is 25.6 Å². The molecule has 0 aliphatic rings. The lowest BCUT2D eigenvalue weighted by Crippen LogP contribution is -2.15. The molecule has 0 radical (unpaired) electrons. The summed E-state index contributed by atoms with van der Waals surface area (Å²) in [7, 11) is 0. The molecule has 14 nitrogen and oxygen atoms in total. The summed E-state index contributed by atoms with van der Waals surface area (Å²) in [5.74, 6) is -1.01. The highest BCUT2D eigenvalue weighted by molar-refractivity contribution is 5.69. The van der Waals surface area contributed by atoms with Crippen molar-refractivity contribution in [3.05, 3.63) is 0 Å². The first kappa shape index (κ1) is 53.5. The SMILES string of the molecule is CCCCCCCCCCCCCCCCCC(=O)OCCOCCOCCOCCOCCOCCOCCOCCOCCOCCOCCC(=O)O. The summed E-state index contributed by atoms with van der Waals surface area (Å²) in [5, 5.41) is 8.50. The second kappa shape index (κ2) is 48.7. The first-order chi connectivity index (χ1) is 27.2. The van der Waals surface area contributed by atoms with Crippen molar-refractivity contribution in [2.24, 2.45) is 0 Å². The van der Waals surface area contributed by atoms with E-state index in [1.165, 1.54) is 83.5 Å². The summed E-state index contributed by atoms with van der Waals surface area (Å²) in [5.41, 5.74) is 0. The fraction of sp³-hybridized carbons (Fsp3) is 0.951. The Hall–Kier alpha value is -1.46. The van der Waals surface area contributed by atoms with Gasteiger partial charge >= 0.3 is 11.9 Å². The van der Waals surface area contributed by atoms with Crippen molar-refractivity contribution >= 4 is 11.9 Å². The smallest absolute Gasteiger partial charge is 0.305 e. The van der Waals surface area contributed by atoms with Gasteiger partial charge in [0.1, 0.15) is 6.61 Å². The van der Waals surface area contributed by atoms with Gasteiger partial charge in [-0.3, -0.25) is 9.59 Å². The zero-order valence-corrected chi connectivity index (χ0v) is 34.6. The molecule has 0 unspecified atom stereocenters. The molecule has 0 saturated heterocycles. The Morgan fingerprint density at radius 1 is 0.309 bits per heavy atom. The molecular weight excluding hydrogens is 716 g/mol. The quantitative estimate of drug-likeness (QED) is 0.0531. The molecule has 0 saturated carbocycles. The van der Waals surface area contributed by atoms with E-state index < -0.39 is 5.97 Å². The zero-order chi connectivity index (χ0) is 39.8. The molecule has 55 heavy (non-hydrogen) atoms. The normalized spacial score (nSPS) is 11.4. The predicted molar refractivity (Wildman–Crippen MR) is 211 cm³/mol. The molecule has 0 atom stereocenters. The molecule has 14 heteroatoms. The van der Waals surface area contributed by atoms with Crippen LogP contribution in [0, 0.1) is 0 Å². The number of carboxylic acid groups (broad SMARTS) is 1. The third-order valence-electron chi connectivity index (χ3n) is 8.28. The van der Waals surface area contributed by atoms with Gasteiger partial charge in [-0.15, -0.1) is 0 Å². The third kappa shape index (κ3) is 50.5. The number of rotatable bonds is 49. The first-order valence-corrected chi connectivity index (χ1v) is 21.3. The van der Waals surface area contributed by atoms with Crippen LogP contribution < -0.4 is 0 Å². The Labute approximate surface area is 333 Å². The number of carbonyl (C=O) groups is 2. The summed E-state index contributed by atoms with van der Waals surface area (Å²) in [4.78, 5) is 22.2. The van der Waals surface area contributed by atoms with Crippen LogP contribution in [0.4, 0.5) is 0 Å². The molecule has 0 rings (SSSR count). The van der Waals surface area contributed by atoms with Crippen LogP contribution in [0.1, 0.15) is 116 Å². The number of hydrogen-bond acceptors (Lipinski definition) is 13. The minimum absolute atomic E-state index is 0.00383. The first-order valence-electron chi connectivity index (χ1n) is 21.3. The number of esters is 1. The van der Waals surface area contributed by atoms with Gasteiger partial charge in [-0.05, 0) is 6.42 Å². The van der Waals surface area contributed by atoms with Crippen LogP contribution in [-0.2, 0) is 61.7 Å². The number of aliphatic carboxylic acids is 1. The number of carboxylic acids is 1. The standard InChI is InChI=1S/C41H80O14/c1-2-3-4-5-6-7-8-9-10-11-12-13-14-15-16-17-41(44)55-39-38-54-37-36-53-35-34-52-33-32-51-31-30-50-29-28-49-27-26-48-25-24-47-23-22-46-21-20-45-19-18-40(42)43/h2-39H2,1H3,(H,42,43). The van der Waals surface area contributed by atoms with E-state index in [0.717, 1.165) is 12.8 Å². The van der Waals surface area contributed by atoms with E-state index in [1.807, 2.05) is 0 Å². The molecule has 0 aromatic heterocycles. The Morgan fingerprint density at radius 3 is 0.818 bits per heavy atom. The van der Waals surface area contributed by atoms with Crippen LogP contribution in [-0.4, -0.2) is 156 Å². The van der Waals surface area contributed by atoms with E-state index >= 15 is 0 Å². The van der Waals surface area contributed by atoms with Crippen molar-refractivity contribution in [1.29, 1.82) is 0 Å². The summed E-state index contributed by atoms with van der Waals surface area (Å²) < 4.78 is 59.4. The Bertz CT molecular complexity index is 761. The molecule has 0 heterocycles. The maximum absolute atomic E-state index is 11.9. The molecule has 0 bridgehead atoms. The van der Waals surface area contributed by atoms with Gasteiger partial charge in [-0.25, -0.2) is 0 Å². The Morgan fingerprint density at radius 2 is 0.545 bits per heavy atom. The molecule has 0 amide bonds. The summed E-state index contributed by atoms with van der Waals surface area (Å²) in [6, 6.07) is 0. The van der Waals surface area contributed by atoms with Crippen LogP contribution in [0.2, 0.25) is 0 Å². The van der Waals surface area contributed by atoms with Crippen molar-refractivity contribution in [2.45, 2.75) is 116 Å². The molecule has 0 aromatic rings. The highest BCUT2D eigenvalue weighted by Gasteiger charge is 2.03. The van der Waals surface area contributed by atoms with Crippen LogP contribution in [0.15, 0.2) is 0 Å². The van der Waals surface area contributed by atoms with Crippen molar-refractivity contribution in [3.63, 3.8) is 0 Å². The zero-order valence-electron chi connectivity index (χ0n) is 34.6. The highest BCUT2D eigenvalue weighted by Crippen LogP contribution is 2.14. The molecule has 0 fully saturated rings. The van der Waals surface area contributed by atoms with Gasteiger partial charge in [0.05, 0.1) is 139 Å². The van der Waals surface area contributed by atoms with E-state index in [9.17, 15) is 9.59 Å². The monoisotopic (exact) mass is 797 g/mol. The van der Waals surface area contributed by atoms with Gasteiger partial charge in [0.2, 0.25) is 0 Å². The second-order valence-corrected chi connectivity index (χ2v) is 13.2. The summed E-state index contributed by atoms with van der Waals surface area (Å²) in [6.45, 7) is 11.5. The van der Waals surface area contributed by atoms with Crippen molar-refractivity contribution in [3.8, 4) is 0 Å². The van der Waals surface area contributed by atoms with Gasteiger partial charge in [0.15, 0.2) is 0 Å². The Kier molecular flexibility index (Phi) is 47.4. The highest BCUT2D eigenvalue weighted by atomic mass is 16.6. The maximum Gasteiger partial charge on any atom is 0.305 e. The number of ether oxygens (including phenoxy) is 11. The number of hydrogen-bond donors (Lipinski definition) is 1. The lowest BCUT2D eigenvalue weighted by atomic mass is 10.0. The van der Waals surface area contributed by atoms with Crippen LogP contribution >= 0.6 is 0 Å². The van der Waals surface area contributed by atoms with Gasteiger partial charge in [0, 0.05) is 6.42 Å². The minimum atomic E-state index is -0.875. The summed E-state index contributed by atoms with van der Waals surface area (Å²) >= 11 is 0. The second-order valence-electron chi connectivity index (χ2n) is 13.2. The maximum atomic E-state index is 11.9. The molecule has 0 aromatic carbocycles. The van der Waals surface area contributed by atoms with Gasteiger partial charge in [-0.2, -0.15) is 0 Å². The molecule has 1 N–H and O–H groups in total. The lowest BCUT2D eigenvalue weighted by molar-refractivity contribution is -0.145. The van der Waals surface area contributed by atoms with Crippen molar-refractivity contribution in [1.82, 2.24) is 0 Å². The fourth-order valence-electron chi connectivity index (χ4n) is 5.17. The number of carbonyl (C=O) groups excluding carboxylic acids is 1. The van der Waals surface area contributed by atoms with Crippen LogP contribution in [0.3, 0.4) is 0 Å². The largest absolute Gasteiger partial charge is 0.481 e. The van der Waals surface area contributed by atoms with Crippen molar-refractivity contribution in [2.75, 3.05) is 139 Å². The predicted octanol–water partition coefficient (Wildman–Crippen LogP) is 6.43. The van der Waals surface area contributed by atoms with Crippen molar-refractivity contribution < 1.29 is 66.8 Å². The summed E-state index contributed by atoms with van der Waals surface area (Å²) in [6.07, 6.45) is 20.2. The molecule has 0 spiro atoms. The minimum Gasteiger partial charge on any atom is -0.481 e. The Balaban J connectivity index is 3.13. The number of unbranched alkanes of at least 4 members (excludes halogenated alkanes) is 14. The lowest BCUT2D eigenvalue weighted by Gasteiger charge is -2.09. The third-order valence-corrected chi connectivity index (χ3v) is 8.28. The van der Waals surface area contributed by atoms with Crippen LogP contribution in [0.25, 0.3) is 0 Å². The average molecular weight is 797 g/mol. The van der Waals surface area contributed by atoms with E-state index in [2.05, 4.69) is 6.92 Å². The molecular formula is C41H80O14. The van der Waals surface area contributed by atoms with Gasteiger partial charge in [0.25, 0.3) is 0 Å². The van der Waals surface area contributed by atoms with E-state index in [1.54, 1.807) is 0 Å². The molecule has 328 valence electrons. The van der Waals surface area contributed by atoms with E-state index in [0.29, 0.717) is 132 Å². The van der Waals surface area contributed by atoms with E-state index in [4.69, 9.17) is 57.2 Å². The van der Waals surface area contributed by atoms with Crippen LogP contribution in [0.5, 0.6) is 0 Å². The average Bonchev–Trinajstić information content (AvgIpc) is 3.18. The van der Waals surface area contributed by atoms with Gasteiger partial charge in [-0.1, -0.05) is 96.8 Å². The van der Waals surface area contributed by atoms with Gasteiger partial charge < -0.3 is 57.2 Å². The topological polar surface area (TPSA) is 156 Å².